The van der Waals surface area contributed by atoms with Crippen molar-refractivity contribution < 1.29 is 23.9 Å². The number of anilines is 1. The molecule has 1 aromatic heterocycles. The minimum absolute atomic E-state index is 0.259. The number of imide groups is 1. The molecule has 9 heteroatoms. The first-order valence-electron chi connectivity index (χ1n) is 8.48. The van der Waals surface area contributed by atoms with Crippen molar-refractivity contribution in [2.45, 2.75) is 25.8 Å². The molecule has 3 amide bonds. The molecular weight excluding hydrogens is 374 g/mol. The van der Waals surface area contributed by atoms with E-state index in [1.54, 1.807) is 6.07 Å². The van der Waals surface area contributed by atoms with Crippen LogP contribution in [0, 0.1) is 11.8 Å². The van der Waals surface area contributed by atoms with Gasteiger partial charge < -0.3 is 10.1 Å². The number of amides is 3. The lowest BCUT2D eigenvalue weighted by atomic mass is 9.85. The van der Waals surface area contributed by atoms with Crippen molar-refractivity contribution in [3.05, 3.63) is 35.5 Å². The van der Waals surface area contributed by atoms with Crippen LogP contribution in [0.25, 0.3) is 0 Å². The highest BCUT2D eigenvalue weighted by molar-refractivity contribution is 6.30. The van der Waals surface area contributed by atoms with Gasteiger partial charge in [-0.15, -0.1) is 0 Å². The summed E-state index contributed by atoms with van der Waals surface area (Å²) in [6, 6.07) is 1.97. The molecule has 3 atom stereocenters. The fraction of sp³-hybridized carbons (Fsp3) is 0.389. The average Bonchev–Trinajstić information content (AvgIpc) is 2.92. The number of pyridine rings is 1. The number of allylic oxidation sites excluding steroid dienone is 2. The molecule has 1 N–H and O–H groups in total. The molecule has 0 spiro atoms. The summed E-state index contributed by atoms with van der Waals surface area (Å²) >= 11 is 5.71. The number of halogens is 1. The molecule has 1 fully saturated rings. The molecule has 0 bridgehead atoms. The van der Waals surface area contributed by atoms with Crippen molar-refractivity contribution >= 4 is 41.1 Å². The van der Waals surface area contributed by atoms with Gasteiger partial charge in [-0.25, -0.2) is 9.78 Å². The van der Waals surface area contributed by atoms with Gasteiger partial charge >= 0.3 is 5.97 Å². The maximum absolute atomic E-state index is 12.5. The zero-order chi connectivity index (χ0) is 19.6. The van der Waals surface area contributed by atoms with Gasteiger partial charge in [-0.05, 0) is 31.9 Å². The summed E-state index contributed by atoms with van der Waals surface area (Å²) < 4.78 is 4.96. The van der Waals surface area contributed by atoms with Crippen LogP contribution in [0.1, 0.15) is 19.8 Å². The minimum Gasteiger partial charge on any atom is -0.454 e. The second-order valence-electron chi connectivity index (χ2n) is 6.40. The third-order valence-corrected chi connectivity index (χ3v) is 4.83. The summed E-state index contributed by atoms with van der Waals surface area (Å²) in [4.78, 5) is 53.9. The van der Waals surface area contributed by atoms with Crippen LogP contribution in [0.3, 0.4) is 0 Å². The largest absolute Gasteiger partial charge is 0.454 e. The number of hydrogen-bond donors (Lipinski definition) is 1. The van der Waals surface area contributed by atoms with Crippen LogP contribution < -0.4 is 5.32 Å². The van der Waals surface area contributed by atoms with E-state index in [4.69, 9.17) is 16.3 Å². The van der Waals surface area contributed by atoms with Gasteiger partial charge in [0.25, 0.3) is 5.91 Å². The van der Waals surface area contributed by atoms with Crippen molar-refractivity contribution in [1.29, 1.82) is 0 Å². The van der Waals surface area contributed by atoms with Crippen LogP contribution in [0.5, 0.6) is 0 Å². The molecular formula is C18H18ClN3O5. The summed E-state index contributed by atoms with van der Waals surface area (Å²) in [6.07, 6.45) is 6.08. The van der Waals surface area contributed by atoms with Crippen molar-refractivity contribution in [3.8, 4) is 0 Å². The van der Waals surface area contributed by atoms with E-state index >= 15 is 0 Å². The van der Waals surface area contributed by atoms with Crippen LogP contribution >= 0.6 is 11.6 Å². The average molecular weight is 392 g/mol. The lowest BCUT2D eigenvalue weighted by Gasteiger charge is -2.21. The van der Waals surface area contributed by atoms with E-state index in [-0.39, 0.29) is 17.6 Å². The topological polar surface area (TPSA) is 106 Å². The normalized spacial score (nSPS) is 22.4. The second-order valence-corrected chi connectivity index (χ2v) is 6.83. The van der Waals surface area contributed by atoms with Gasteiger partial charge in [0.1, 0.15) is 11.9 Å². The molecule has 0 aromatic carbocycles. The third kappa shape index (κ3) is 4.00. The van der Waals surface area contributed by atoms with Gasteiger partial charge in [0, 0.05) is 6.20 Å². The molecule has 3 rings (SSSR count). The summed E-state index contributed by atoms with van der Waals surface area (Å²) in [6.45, 7) is 0.861. The Bertz CT molecular complexity index is 782. The van der Waals surface area contributed by atoms with Crippen molar-refractivity contribution in [3.63, 3.8) is 0 Å². The molecule has 0 radical (unpaired) electrons. The number of nitrogens with one attached hydrogen (secondary N) is 1. The fourth-order valence-corrected chi connectivity index (χ4v) is 3.31. The number of ether oxygens (including phenoxy) is 1. The number of aromatic nitrogens is 1. The van der Waals surface area contributed by atoms with Gasteiger partial charge in [-0.2, -0.15) is 0 Å². The number of hydrogen-bond acceptors (Lipinski definition) is 6. The maximum atomic E-state index is 12.5. The van der Waals surface area contributed by atoms with Gasteiger partial charge in [0.2, 0.25) is 11.8 Å². The van der Waals surface area contributed by atoms with E-state index in [1.807, 2.05) is 12.2 Å². The van der Waals surface area contributed by atoms with Crippen LogP contribution in [0.4, 0.5) is 5.82 Å². The molecule has 0 unspecified atom stereocenters. The summed E-state index contributed by atoms with van der Waals surface area (Å²) in [5, 5.41) is 2.87. The number of rotatable bonds is 5. The quantitative estimate of drug-likeness (QED) is 0.464. The zero-order valence-electron chi connectivity index (χ0n) is 14.6. The Hall–Kier alpha value is -2.74. The van der Waals surface area contributed by atoms with Crippen LogP contribution in [-0.4, -0.2) is 46.2 Å². The maximum Gasteiger partial charge on any atom is 0.329 e. The first kappa shape index (κ1) is 19.0. The van der Waals surface area contributed by atoms with E-state index in [2.05, 4.69) is 10.3 Å². The smallest absolute Gasteiger partial charge is 0.329 e. The van der Waals surface area contributed by atoms with Gasteiger partial charge in [0.05, 0.1) is 16.9 Å². The monoisotopic (exact) mass is 391 g/mol. The van der Waals surface area contributed by atoms with Crippen LogP contribution in [0.2, 0.25) is 5.02 Å². The number of carbonyl (C=O) groups is 4. The highest BCUT2D eigenvalue weighted by atomic mass is 35.5. The number of esters is 1. The lowest BCUT2D eigenvalue weighted by molar-refractivity contribution is -0.159. The molecule has 142 valence electrons. The third-order valence-electron chi connectivity index (χ3n) is 4.61. The first-order valence-corrected chi connectivity index (χ1v) is 8.86. The van der Waals surface area contributed by atoms with Gasteiger partial charge in [0.15, 0.2) is 6.61 Å². The molecule has 1 aliphatic heterocycles. The molecule has 2 aliphatic rings. The Balaban J connectivity index is 1.54. The highest BCUT2D eigenvalue weighted by Gasteiger charge is 2.50. The Kier molecular flexibility index (Phi) is 5.55. The first-order chi connectivity index (χ1) is 12.9. The molecule has 27 heavy (non-hydrogen) atoms. The second kappa shape index (κ2) is 7.87. The lowest BCUT2D eigenvalue weighted by Crippen LogP contribution is -2.45. The Labute approximate surface area is 160 Å². The predicted octanol–water partition coefficient (Wildman–Crippen LogP) is 1.56. The van der Waals surface area contributed by atoms with Crippen LogP contribution in [0.15, 0.2) is 30.5 Å². The van der Waals surface area contributed by atoms with Gasteiger partial charge in [-0.3, -0.25) is 19.3 Å². The molecule has 1 aliphatic carbocycles. The standard InChI is InChI=1S/C18H18ClN3O5/c1-10(22-16(24)12-4-2-3-5-13(12)17(22)25)18(26)27-9-15(23)21-14-7-6-11(19)8-20-14/h2-3,6-8,10,12-13H,4-5,9H2,1H3,(H,20,21,23)/t10-,12-,13-/m0/s1. The number of nitrogens with zero attached hydrogens (tertiary/aromatic N) is 2. The van der Waals surface area contributed by atoms with Crippen molar-refractivity contribution in [2.75, 3.05) is 11.9 Å². The number of carbonyl (C=O) groups excluding carboxylic acids is 4. The minimum atomic E-state index is -1.09. The van der Waals surface area contributed by atoms with Crippen molar-refractivity contribution in [2.24, 2.45) is 11.8 Å². The highest BCUT2D eigenvalue weighted by Crippen LogP contribution is 2.36. The molecule has 1 saturated heterocycles. The summed E-state index contributed by atoms with van der Waals surface area (Å²) in [5.41, 5.74) is 0. The number of fused-ring (bicyclic) bond motifs is 1. The van der Waals surface area contributed by atoms with E-state index in [1.165, 1.54) is 19.2 Å². The number of likely N-dealkylation sites (tertiary alicyclic amines) is 1. The molecule has 1 aromatic rings. The summed E-state index contributed by atoms with van der Waals surface area (Å²) in [7, 11) is 0. The Morgan fingerprint density at radius 2 is 1.89 bits per heavy atom. The Morgan fingerprint density at radius 1 is 1.26 bits per heavy atom. The summed E-state index contributed by atoms with van der Waals surface area (Å²) in [5.74, 6) is -2.73. The van der Waals surface area contributed by atoms with Crippen LogP contribution in [-0.2, 0) is 23.9 Å². The SMILES string of the molecule is C[C@@H](C(=O)OCC(=O)Nc1ccc(Cl)cn1)N1C(=O)[C@H]2CC=CC[C@@H]2C1=O. The Morgan fingerprint density at radius 3 is 2.44 bits per heavy atom. The molecule has 8 nitrogen and oxygen atoms in total. The van der Waals surface area contributed by atoms with Crippen molar-refractivity contribution in [1.82, 2.24) is 9.88 Å². The van der Waals surface area contributed by atoms with E-state index < -0.39 is 36.4 Å². The van der Waals surface area contributed by atoms with E-state index in [9.17, 15) is 19.2 Å². The fourth-order valence-electron chi connectivity index (χ4n) is 3.20. The van der Waals surface area contributed by atoms with Gasteiger partial charge in [-0.1, -0.05) is 23.8 Å². The zero-order valence-corrected chi connectivity index (χ0v) is 15.3. The molecule has 0 saturated carbocycles. The van der Waals surface area contributed by atoms with E-state index in [0.717, 1.165) is 4.90 Å². The predicted molar refractivity (Wildman–Crippen MR) is 95.5 cm³/mol. The van der Waals surface area contributed by atoms with E-state index in [0.29, 0.717) is 17.9 Å². The molecule has 2 heterocycles.